The summed E-state index contributed by atoms with van der Waals surface area (Å²) in [5.41, 5.74) is 0. The van der Waals surface area contributed by atoms with Gasteiger partial charge in [-0.05, 0) is 24.3 Å². The second-order valence-corrected chi connectivity index (χ2v) is 4.44. The number of rotatable bonds is 4. The maximum Gasteiger partial charge on any atom is 0.373 e. The zero-order valence-electron chi connectivity index (χ0n) is 7.07. The first-order valence-corrected chi connectivity index (χ1v) is 5.52. The highest BCUT2D eigenvalue weighted by Gasteiger charge is 2.10. The predicted molar refractivity (Wildman–Crippen MR) is 57.5 cm³/mol. The van der Waals surface area contributed by atoms with Gasteiger partial charge in [-0.3, -0.25) is 4.79 Å². The number of thioether (sulfide) groups is 1. The molecule has 0 aliphatic carbocycles. The van der Waals surface area contributed by atoms with Crippen LogP contribution in [0.25, 0.3) is 0 Å². The molecule has 0 fully saturated rings. The Labute approximate surface area is 93.6 Å². The molecule has 0 aliphatic heterocycles. The lowest BCUT2D eigenvalue weighted by Crippen LogP contribution is -2.14. The smallest absolute Gasteiger partial charge is 0.373 e. The van der Waals surface area contributed by atoms with E-state index < -0.39 is 11.8 Å². The molecule has 5 heteroatoms. The molecule has 1 aromatic rings. The molecule has 0 bridgehead atoms. The van der Waals surface area contributed by atoms with E-state index in [1.165, 1.54) is 11.8 Å². The van der Waals surface area contributed by atoms with Crippen LogP contribution in [0.4, 0.5) is 0 Å². The van der Waals surface area contributed by atoms with Crippen LogP contribution in [0.5, 0.6) is 0 Å². The third-order valence-corrected chi connectivity index (χ3v) is 2.96. The van der Waals surface area contributed by atoms with Crippen LogP contribution in [0.1, 0.15) is 0 Å². The van der Waals surface area contributed by atoms with Gasteiger partial charge in [0.2, 0.25) is 5.78 Å². The number of Topliss-reactive ketones (excluding diaryl/α,β-unsaturated/α-hetero) is 1. The second kappa shape index (κ2) is 5.17. The number of hydrogen-bond acceptors (Lipinski definition) is 3. The Hall–Kier alpha value is -0.810. The molecule has 0 amide bonds. The first-order valence-electron chi connectivity index (χ1n) is 3.74. The summed E-state index contributed by atoms with van der Waals surface area (Å²) in [6.07, 6.45) is 0. The predicted octanol–water partition coefficient (Wildman–Crippen LogP) is 2.19. The van der Waals surface area contributed by atoms with Crippen molar-refractivity contribution in [3.05, 3.63) is 28.7 Å². The van der Waals surface area contributed by atoms with Gasteiger partial charge in [-0.25, -0.2) is 4.79 Å². The fourth-order valence-electron chi connectivity index (χ4n) is 0.741. The average Bonchev–Trinajstić information content (AvgIpc) is 2.16. The third kappa shape index (κ3) is 3.51. The molecular weight excluding hydrogens is 268 g/mol. The minimum atomic E-state index is -1.38. The summed E-state index contributed by atoms with van der Waals surface area (Å²) >= 11 is 4.49. The van der Waals surface area contributed by atoms with E-state index in [-0.39, 0.29) is 5.75 Å². The van der Waals surface area contributed by atoms with Gasteiger partial charge < -0.3 is 5.11 Å². The van der Waals surface area contributed by atoms with Crippen molar-refractivity contribution in [1.82, 2.24) is 0 Å². The SMILES string of the molecule is O=C(O)C(=O)CSc1ccc(Br)cc1. The lowest BCUT2D eigenvalue weighted by molar-refractivity contribution is -0.147. The normalized spacial score (nSPS) is 9.79. The number of benzene rings is 1. The first kappa shape index (κ1) is 11.3. The molecule has 0 saturated carbocycles. The van der Waals surface area contributed by atoms with Crippen molar-refractivity contribution in [2.75, 3.05) is 5.75 Å². The molecule has 0 unspecified atom stereocenters. The fourth-order valence-corrected chi connectivity index (χ4v) is 1.76. The van der Waals surface area contributed by atoms with Crippen LogP contribution in [0, 0.1) is 0 Å². The Kier molecular flexibility index (Phi) is 4.16. The van der Waals surface area contributed by atoms with E-state index in [0.717, 1.165) is 9.37 Å². The van der Waals surface area contributed by atoms with Crippen molar-refractivity contribution < 1.29 is 14.7 Å². The zero-order valence-corrected chi connectivity index (χ0v) is 9.47. The van der Waals surface area contributed by atoms with Gasteiger partial charge >= 0.3 is 5.97 Å². The molecule has 3 nitrogen and oxygen atoms in total. The molecule has 0 atom stereocenters. The van der Waals surface area contributed by atoms with Crippen LogP contribution in [0.3, 0.4) is 0 Å². The van der Waals surface area contributed by atoms with Crippen molar-refractivity contribution in [3.63, 3.8) is 0 Å². The minimum absolute atomic E-state index is 0.0308. The Morgan fingerprint density at radius 3 is 2.36 bits per heavy atom. The van der Waals surface area contributed by atoms with Gasteiger partial charge in [0.05, 0.1) is 5.75 Å². The fraction of sp³-hybridized carbons (Fsp3) is 0.111. The van der Waals surface area contributed by atoms with Gasteiger partial charge in [-0.15, -0.1) is 11.8 Å². The number of carboxylic acids is 1. The van der Waals surface area contributed by atoms with E-state index in [2.05, 4.69) is 15.9 Å². The number of aliphatic carboxylic acids is 1. The summed E-state index contributed by atoms with van der Waals surface area (Å²) in [6.45, 7) is 0. The van der Waals surface area contributed by atoms with E-state index in [1.54, 1.807) is 0 Å². The summed E-state index contributed by atoms with van der Waals surface area (Å²) in [6, 6.07) is 7.33. The molecular formula is C9H7BrO3S. The summed E-state index contributed by atoms with van der Waals surface area (Å²) in [7, 11) is 0. The highest BCUT2D eigenvalue weighted by Crippen LogP contribution is 2.20. The van der Waals surface area contributed by atoms with Crippen molar-refractivity contribution in [2.45, 2.75) is 4.90 Å². The molecule has 0 radical (unpaired) electrons. The Morgan fingerprint density at radius 1 is 1.29 bits per heavy atom. The number of ketones is 1. The maximum absolute atomic E-state index is 10.8. The minimum Gasteiger partial charge on any atom is -0.475 e. The summed E-state index contributed by atoms with van der Waals surface area (Å²) in [4.78, 5) is 21.8. The zero-order chi connectivity index (χ0) is 10.6. The van der Waals surface area contributed by atoms with Crippen molar-refractivity contribution in [2.24, 2.45) is 0 Å². The molecule has 74 valence electrons. The highest BCUT2D eigenvalue weighted by molar-refractivity contribution is 9.10. The van der Waals surface area contributed by atoms with Crippen molar-refractivity contribution >= 4 is 39.4 Å². The molecule has 0 aromatic heterocycles. The van der Waals surface area contributed by atoms with Crippen LogP contribution in [0.2, 0.25) is 0 Å². The molecule has 1 N–H and O–H groups in total. The molecule has 0 heterocycles. The molecule has 0 aliphatic rings. The first-order chi connectivity index (χ1) is 6.59. The maximum atomic E-state index is 10.8. The molecule has 14 heavy (non-hydrogen) atoms. The van der Waals surface area contributed by atoms with Gasteiger partial charge in [0, 0.05) is 9.37 Å². The highest BCUT2D eigenvalue weighted by atomic mass is 79.9. The number of carbonyl (C=O) groups is 2. The molecule has 1 rings (SSSR count). The Bertz CT molecular complexity index is 348. The molecule has 0 spiro atoms. The van der Waals surface area contributed by atoms with Gasteiger partial charge in [0.1, 0.15) is 0 Å². The van der Waals surface area contributed by atoms with Crippen LogP contribution in [0.15, 0.2) is 33.6 Å². The largest absolute Gasteiger partial charge is 0.475 e. The van der Waals surface area contributed by atoms with Crippen molar-refractivity contribution in [3.8, 4) is 0 Å². The molecule has 1 aromatic carbocycles. The summed E-state index contributed by atoms with van der Waals surface area (Å²) < 4.78 is 0.950. The monoisotopic (exact) mass is 274 g/mol. The van der Waals surface area contributed by atoms with E-state index in [4.69, 9.17) is 5.11 Å². The van der Waals surface area contributed by atoms with Gasteiger partial charge in [0.25, 0.3) is 0 Å². The average molecular weight is 275 g/mol. The van der Waals surface area contributed by atoms with Crippen LogP contribution < -0.4 is 0 Å². The van der Waals surface area contributed by atoms with E-state index in [9.17, 15) is 9.59 Å². The lowest BCUT2D eigenvalue weighted by atomic mass is 10.4. The van der Waals surface area contributed by atoms with Gasteiger partial charge in [-0.2, -0.15) is 0 Å². The number of carboxylic acid groups (broad SMARTS) is 1. The lowest BCUT2D eigenvalue weighted by Gasteiger charge is -1.98. The summed E-state index contributed by atoms with van der Waals surface area (Å²) in [5, 5.41) is 8.33. The van der Waals surface area contributed by atoms with Gasteiger partial charge in [-0.1, -0.05) is 15.9 Å². The molecule has 0 saturated heterocycles. The van der Waals surface area contributed by atoms with E-state index >= 15 is 0 Å². The number of hydrogen-bond donors (Lipinski definition) is 1. The van der Waals surface area contributed by atoms with E-state index in [0.29, 0.717) is 0 Å². The van der Waals surface area contributed by atoms with Crippen LogP contribution in [-0.2, 0) is 9.59 Å². The third-order valence-electron chi connectivity index (χ3n) is 1.42. The number of halogens is 1. The summed E-state index contributed by atoms with van der Waals surface area (Å²) in [5.74, 6) is -2.19. The quantitative estimate of drug-likeness (QED) is 0.676. The number of carbonyl (C=O) groups excluding carboxylic acids is 1. The standard InChI is InChI=1S/C9H7BrO3S/c10-6-1-3-7(4-2-6)14-5-8(11)9(12)13/h1-4H,5H2,(H,12,13). The Morgan fingerprint density at radius 2 is 1.86 bits per heavy atom. The topological polar surface area (TPSA) is 54.4 Å². The Balaban J connectivity index is 2.50. The van der Waals surface area contributed by atoms with Crippen molar-refractivity contribution in [1.29, 1.82) is 0 Å². The second-order valence-electron chi connectivity index (χ2n) is 2.47. The van der Waals surface area contributed by atoms with E-state index in [1.807, 2.05) is 24.3 Å². The van der Waals surface area contributed by atoms with Crippen LogP contribution >= 0.6 is 27.7 Å². The van der Waals surface area contributed by atoms with Crippen LogP contribution in [-0.4, -0.2) is 22.6 Å². The van der Waals surface area contributed by atoms with Gasteiger partial charge in [0.15, 0.2) is 0 Å².